The molecule has 0 spiro atoms. The number of hydrogen-bond donors (Lipinski definition) is 2. The van der Waals surface area contributed by atoms with Gasteiger partial charge in [-0.3, -0.25) is 9.59 Å². The molecule has 0 atom stereocenters. The normalized spacial score (nSPS) is 19.2. The number of carboxylic acid groups (broad SMARTS) is 2. The van der Waals surface area contributed by atoms with Crippen LogP contribution in [0.1, 0.15) is 53.4 Å². The second-order valence-corrected chi connectivity index (χ2v) is 9.84. The van der Waals surface area contributed by atoms with E-state index in [0.717, 1.165) is 67.7 Å². The summed E-state index contributed by atoms with van der Waals surface area (Å²) in [5, 5.41) is 18.7. The number of aliphatic imine (C=N–C) groups is 4. The van der Waals surface area contributed by atoms with Crippen LogP contribution in [0.15, 0.2) is 113 Å². The highest BCUT2D eigenvalue weighted by Crippen LogP contribution is 2.35. The quantitative estimate of drug-likeness (QED) is 0.374. The highest BCUT2D eigenvalue weighted by Gasteiger charge is 2.26. The summed E-state index contributed by atoms with van der Waals surface area (Å²) in [7, 11) is 0. The number of allylic oxidation sites excluding steroid dienone is 12. The molecule has 0 aromatic rings. The van der Waals surface area contributed by atoms with Gasteiger partial charge in [-0.15, -0.1) is 24.8 Å². The number of carbonyl (C=O) groups is 2. The van der Waals surface area contributed by atoms with Crippen LogP contribution >= 0.6 is 24.8 Å². The maximum absolute atomic E-state index is 11.4. The minimum Gasteiger partial charge on any atom is -0.481 e. The van der Waals surface area contributed by atoms with Crippen LogP contribution in [0, 0.1) is 0 Å². The predicted octanol–water partition coefficient (Wildman–Crippen LogP) is 6.45. The highest BCUT2D eigenvalue weighted by molar-refractivity contribution is 6.19. The lowest BCUT2D eigenvalue weighted by molar-refractivity contribution is -0.137. The molecule has 0 saturated heterocycles. The zero-order valence-corrected chi connectivity index (χ0v) is 24.2. The van der Waals surface area contributed by atoms with Gasteiger partial charge in [0.25, 0.3) is 0 Å². The van der Waals surface area contributed by atoms with Gasteiger partial charge in [-0.2, -0.15) is 0 Å². The van der Waals surface area contributed by atoms with Crippen molar-refractivity contribution < 1.29 is 19.8 Å². The van der Waals surface area contributed by atoms with Gasteiger partial charge in [0.15, 0.2) is 0 Å². The summed E-state index contributed by atoms with van der Waals surface area (Å²) >= 11 is 0. The van der Waals surface area contributed by atoms with Crippen molar-refractivity contribution in [1.82, 2.24) is 0 Å². The summed E-state index contributed by atoms with van der Waals surface area (Å²) in [6.45, 7) is 7.89. The first-order chi connectivity index (χ1) is 18.1. The Bertz CT molecular complexity index is 1590. The molecule has 2 N–H and O–H groups in total. The van der Waals surface area contributed by atoms with Crippen LogP contribution in [0.25, 0.3) is 0 Å². The number of carboxylic acids is 2. The van der Waals surface area contributed by atoms with Crippen molar-refractivity contribution >= 4 is 59.6 Å². The topological polar surface area (TPSA) is 124 Å². The molecule has 8 nitrogen and oxygen atoms in total. The van der Waals surface area contributed by atoms with Gasteiger partial charge in [0.2, 0.25) is 0 Å². The van der Waals surface area contributed by atoms with Crippen LogP contribution in [0.2, 0.25) is 0 Å². The van der Waals surface area contributed by atoms with E-state index in [9.17, 15) is 19.8 Å². The maximum Gasteiger partial charge on any atom is 0.303 e. The summed E-state index contributed by atoms with van der Waals surface area (Å²) in [5.41, 5.74) is 11.4. The standard InChI is InChI=1S/C30H28N4O4.2ClH/c1-15-9-20-12-25-17(3)21(5-7-29(35)36)27(33-25)14-28-22(6-8-30(37)38)18(4)26(34-28)13-24-16(2)10-19(32-24)11-23(15)31-20;;/h9-14H,5-8H2,1-4H3,(H,35,36)(H,37,38);2*1H. The van der Waals surface area contributed by atoms with Crippen LogP contribution in [0.4, 0.5) is 0 Å². The Morgan fingerprint density at radius 1 is 0.575 bits per heavy atom. The fraction of sp³-hybridized carbons (Fsp3) is 0.267. The molecular formula is C30H30Cl2N4O4. The number of rotatable bonds is 6. The van der Waals surface area contributed by atoms with Crippen LogP contribution in [-0.2, 0) is 9.59 Å². The summed E-state index contributed by atoms with van der Waals surface area (Å²) in [5.74, 6) is -1.76. The van der Waals surface area contributed by atoms with Crippen LogP contribution in [-0.4, -0.2) is 45.0 Å². The lowest BCUT2D eigenvalue weighted by Crippen LogP contribution is -2.03. The molecule has 10 heteroatoms. The van der Waals surface area contributed by atoms with Crippen molar-refractivity contribution in [2.75, 3.05) is 0 Å². The molecule has 5 rings (SSSR count). The number of nitrogens with zero attached hydrogens (tertiary/aromatic N) is 4. The monoisotopic (exact) mass is 580 g/mol. The highest BCUT2D eigenvalue weighted by atomic mass is 35.5. The Morgan fingerprint density at radius 2 is 1.05 bits per heavy atom. The van der Waals surface area contributed by atoms with E-state index in [1.54, 1.807) is 0 Å². The molecule has 40 heavy (non-hydrogen) atoms. The molecule has 5 aliphatic rings. The average molecular weight is 582 g/mol. The molecule has 5 heterocycles. The summed E-state index contributed by atoms with van der Waals surface area (Å²) < 4.78 is 0. The molecule has 0 saturated carbocycles. The zero-order chi connectivity index (χ0) is 27.1. The van der Waals surface area contributed by atoms with E-state index in [2.05, 4.69) is 0 Å². The molecule has 0 aliphatic carbocycles. The molecule has 208 valence electrons. The minimum absolute atomic E-state index is 0. The summed E-state index contributed by atoms with van der Waals surface area (Å²) in [4.78, 5) is 42.2. The molecule has 8 bridgehead atoms. The van der Waals surface area contributed by atoms with Crippen molar-refractivity contribution in [3.8, 4) is 0 Å². The molecule has 0 amide bonds. The molecule has 0 radical (unpaired) electrons. The van der Waals surface area contributed by atoms with Gasteiger partial charge < -0.3 is 10.2 Å². The first-order valence-electron chi connectivity index (χ1n) is 12.5. The number of hydrogen-bond acceptors (Lipinski definition) is 6. The maximum atomic E-state index is 11.4. The average Bonchev–Trinajstić information content (AvgIpc) is 3.53. The van der Waals surface area contributed by atoms with E-state index >= 15 is 0 Å². The van der Waals surface area contributed by atoms with Gasteiger partial charge in [0.05, 0.1) is 45.6 Å². The first kappa shape index (κ1) is 30.7. The first-order valence-corrected chi connectivity index (χ1v) is 12.5. The molecule has 0 fully saturated rings. The van der Waals surface area contributed by atoms with Crippen molar-refractivity contribution in [2.24, 2.45) is 20.0 Å². The lowest BCUT2D eigenvalue weighted by atomic mass is 9.96. The van der Waals surface area contributed by atoms with Crippen molar-refractivity contribution in [3.05, 3.63) is 92.7 Å². The number of fused-ring (bicyclic) bond motifs is 4. The van der Waals surface area contributed by atoms with Gasteiger partial charge >= 0.3 is 11.9 Å². The Kier molecular flexibility index (Phi) is 9.28. The van der Waals surface area contributed by atoms with E-state index in [1.165, 1.54) is 0 Å². The molecule has 0 unspecified atom stereocenters. The smallest absolute Gasteiger partial charge is 0.303 e. The third-order valence-electron chi connectivity index (χ3n) is 7.10. The van der Waals surface area contributed by atoms with Gasteiger partial charge in [-0.05, 0) is 110 Å². The Balaban J connectivity index is 0.00000220. The van der Waals surface area contributed by atoms with E-state index in [1.807, 2.05) is 64.2 Å². The summed E-state index contributed by atoms with van der Waals surface area (Å²) in [6, 6.07) is 0. The zero-order valence-electron chi connectivity index (χ0n) is 22.6. The lowest BCUT2D eigenvalue weighted by Gasteiger charge is -2.07. The largest absolute Gasteiger partial charge is 0.481 e. The molecule has 5 aliphatic heterocycles. The predicted molar refractivity (Wildman–Crippen MR) is 163 cm³/mol. The second kappa shape index (κ2) is 12.1. The van der Waals surface area contributed by atoms with Crippen LogP contribution < -0.4 is 0 Å². The Hall–Kier alpha value is -3.88. The van der Waals surface area contributed by atoms with Crippen LogP contribution in [0.5, 0.6) is 0 Å². The van der Waals surface area contributed by atoms with Gasteiger partial charge in [-0.25, -0.2) is 20.0 Å². The minimum atomic E-state index is -0.882. The van der Waals surface area contributed by atoms with Gasteiger partial charge in [0.1, 0.15) is 0 Å². The second-order valence-electron chi connectivity index (χ2n) is 9.84. The van der Waals surface area contributed by atoms with E-state index in [-0.39, 0.29) is 37.7 Å². The molecular weight excluding hydrogens is 551 g/mol. The SMILES string of the molecule is CC1=CC2=CC3=NC(=CC4=NC(=CC5=NC(=CC1=N2)C=C5C)C(C)=C4CCC(=O)O)C(CCC(=O)O)=C3C.Cl.Cl. The fourth-order valence-corrected chi connectivity index (χ4v) is 4.96. The van der Waals surface area contributed by atoms with E-state index in [0.29, 0.717) is 24.3 Å². The Morgan fingerprint density at radius 3 is 1.62 bits per heavy atom. The Labute approximate surface area is 245 Å². The van der Waals surface area contributed by atoms with Gasteiger partial charge in [-0.1, -0.05) is 0 Å². The molecule has 0 aromatic heterocycles. The van der Waals surface area contributed by atoms with Crippen LogP contribution in [0.3, 0.4) is 0 Å². The number of aliphatic carboxylic acids is 2. The van der Waals surface area contributed by atoms with Crippen molar-refractivity contribution in [3.63, 3.8) is 0 Å². The van der Waals surface area contributed by atoms with E-state index in [4.69, 9.17) is 20.0 Å². The fourth-order valence-electron chi connectivity index (χ4n) is 4.96. The third kappa shape index (κ3) is 6.13. The van der Waals surface area contributed by atoms with E-state index < -0.39 is 11.9 Å². The van der Waals surface area contributed by atoms with Crippen molar-refractivity contribution in [1.29, 1.82) is 0 Å². The third-order valence-corrected chi connectivity index (χ3v) is 7.10. The van der Waals surface area contributed by atoms with Crippen molar-refractivity contribution in [2.45, 2.75) is 53.4 Å². The summed E-state index contributed by atoms with van der Waals surface area (Å²) in [6.07, 6.45) is 12.3. The van der Waals surface area contributed by atoms with Gasteiger partial charge in [0, 0.05) is 12.8 Å². The molecule has 0 aromatic carbocycles. The number of halogens is 2.